The van der Waals surface area contributed by atoms with Gasteiger partial charge in [0.25, 0.3) is 17.5 Å². The van der Waals surface area contributed by atoms with Crippen LogP contribution in [0.15, 0.2) is 138 Å². The quantitative estimate of drug-likeness (QED) is 0.0557. The summed E-state index contributed by atoms with van der Waals surface area (Å²) in [4.78, 5) is 51.3. The number of benzene rings is 5. The molecule has 5 aromatic rings. The summed E-state index contributed by atoms with van der Waals surface area (Å²) in [7, 11) is 0. The molecule has 1 unspecified atom stereocenters. The maximum absolute atomic E-state index is 13.6. The normalized spacial score (nSPS) is 11.7. The van der Waals surface area contributed by atoms with Gasteiger partial charge in [-0.1, -0.05) is 66.2 Å². The summed E-state index contributed by atoms with van der Waals surface area (Å²) >= 11 is 7.62. The molecule has 0 fully saturated rings. The second-order valence-electron chi connectivity index (χ2n) is 10.5. The van der Waals surface area contributed by atoms with E-state index in [1.54, 1.807) is 72.8 Å². The average molecular weight is 677 g/mol. The van der Waals surface area contributed by atoms with Crippen LogP contribution >= 0.6 is 23.4 Å². The summed E-state index contributed by atoms with van der Waals surface area (Å²) in [5.74, 6) is -1.32. The molecule has 0 aliphatic rings. The van der Waals surface area contributed by atoms with Crippen molar-refractivity contribution in [3.63, 3.8) is 0 Å². The van der Waals surface area contributed by atoms with Crippen LogP contribution in [0.1, 0.15) is 32.3 Å². The minimum atomic E-state index is -0.600. The zero-order valence-electron chi connectivity index (χ0n) is 25.6. The predicted octanol–water partition coefficient (Wildman–Crippen LogP) is 8.44. The minimum absolute atomic E-state index is 0.0618. The molecule has 0 radical (unpaired) electrons. The smallest absolute Gasteiger partial charge is 0.272 e. The Hall–Kier alpha value is -5.71. The Morgan fingerprint density at radius 1 is 0.792 bits per heavy atom. The highest BCUT2D eigenvalue weighted by Gasteiger charge is 2.23. The lowest BCUT2D eigenvalue weighted by Gasteiger charge is -2.18. The molecule has 0 aromatic heterocycles. The van der Waals surface area contributed by atoms with Crippen molar-refractivity contribution in [3.05, 3.63) is 170 Å². The second kappa shape index (κ2) is 15.7. The lowest BCUT2D eigenvalue weighted by Crippen LogP contribution is -2.30. The minimum Gasteiger partial charge on any atom is -0.325 e. The Bertz CT molecular complexity index is 1970. The summed E-state index contributed by atoms with van der Waals surface area (Å²) in [5, 5.41) is 19.5. The van der Waals surface area contributed by atoms with E-state index in [-0.39, 0.29) is 17.3 Å². The van der Waals surface area contributed by atoms with Crippen LogP contribution in [-0.2, 0) is 9.59 Å². The van der Waals surface area contributed by atoms with Crippen molar-refractivity contribution in [1.82, 2.24) is 5.32 Å². The van der Waals surface area contributed by atoms with Crippen LogP contribution in [0, 0.1) is 17.0 Å². The highest BCUT2D eigenvalue weighted by atomic mass is 35.5. The molecule has 0 aliphatic heterocycles. The number of hydrogen-bond donors (Lipinski definition) is 3. The molecule has 0 heterocycles. The molecule has 0 saturated carbocycles. The molecular formula is C37H29ClN4O5S. The van der Waals surface area contributed by atoms with E-state index in [0.717, 1.165) is 16.0 Å². The number of carbonyl (C=O) groups excluding carboxylic acids is 3. The van der Waals surface area contributed by atoms with Gasteiger partial charge in [-0.3, -0.25) is 24.5 Å². The molecule has 5 aromatic carbocycles. The van der Waals surface area contributed by atoms with Gasteiger partial charge in [-0.2, -0.15) is 0 Å². The number of anilines is 2. The molecule has 0 aliphatic carbocycles. The van der Waals surface area contributed by atoms with Crippen molar-refractivity contribution in [2.24, 2.45) is 0 Å². The van der Waals surface area contributed by atoms with Gasteiger partial charge in [0.15, 0.2) is 0 Å². The number of nitrogens with one attached hydrogen (secondary N) is 3. The number of nitro benzene ring substituents is 1. The van der Waals surface area contributed by atoms with Gasteiger partial charge in [0.05, 0.1) is 4.92 Å². The van der Waals surface area contributed by atoms with Crippen LogP contribution in [0.2, 0.25) is 5.02 Å². The second-order valence-corrected chi connectivity index (χ2v) is 12.1. The van der Waals surface area contributed by atoms with Crippen LogP contribution in [0.3, 0.4) is 0 Å². The average Bonchev–Trinajstić information content (AvgIpc) is 3.10. The van der Waals surface area contributed by atoms with Crippen molar-refractivity contribution in [2.45, 2.75) is 17.1 Å². The first-order valence-corrected chi connectivity index (χ1v) is 16.0. The van der Waals surface area contributed by atoms with E-state index in [9.17, 15) is 24.5 Å². The van der Waals surface area contributed by atoms with E-state index >= 15 is 0 Å². The van der Waals surface area contributed by atoms with Gasteiger partial charge < -0.3 is 16.0 Å². The van der Waals surface area contributed by atoms with E-state index in [2.05, 4.69) is 16.0 Å². The van der Waals surface area contributed by atoms with Gasteiger partial charge in [-0.15, -0.1) is 11.8 Å². The fraction of sp³-hybridized carbons (Fsp3) is 0.0541. The van der Waals surface area contributed by atoms with Crippen molar-refractivity contribution in [2.75, 3.05) is 10.6 Å². The Labute approximate surface area is 286 Å². The SMILES string of the molecule is Cc1c(Cl)cccc1NC(=O)C(Sc1ccc(NC(=O)/C(=C/c2ccc([N+](=O)[O-])cc2)NC(=O)c2ccccc2)cc1)c1ccccc1. The first-order chi connectivity index (χ1) is 23.2. The predicted molar refractivity (Wildman–Crippen MR) is 190 cm³/mol. The van der Waals surface area contributed by atoms with Crippen molar-refractivity contribution in [1.29, 1.82) is 0 Å². The third-order valence-corrected chi connectivity index (χ3v) is 8.85. The Balaban J connectivity index is 1.34. The molecule has 0 bridgehead atoms. The molecule has 0 saturated heterocycles. The van der Waals surface area contributed by atoms with Gasteiger partial charge in [-0.25, -0.2) is 0 Å². The molecule has 3 amide bonds. The molecule has 11 heteroatoms. The van der Waals surface area contributed by atoms with Crippen molar-refractivity contribution >= 4 is 64.2 Å². The largest absolute Gasteiger partial charge is 0.325 e. The molecule has 0 spiro atoms. The number of halogens is 1. The zero-order chi connectivity index (χ0) is 34.0. The Kier molecular flexibility index (Phi) is 11.0. The van der Waals surface area contributed by atoms with Gasteiger partial charge >= 0.3 is 0 Å². The number of rotatable bonds is 11. The summed E-state index contributed by atoms with van der Waals surface area (Å²) in [6.45, 7) is 1.84. The summed E-state index contributed by atoms with van der Waals surface area (Å²) in [6, 6.07) is 35.7. The monoisotopic (exact) mass is 676 g/mol. The summed E-state index contributed by atoms with van der Waals surface area (Å²) in [6.07, 6.45) is 1.44. The number of nitrogens with zero attached hydrogens (tertiary/aromatic N) is 1. The molecule has 5 rings (SSSR count). The number of thioether (sulfide) groups is 1. The summed E-state index contributed by atoms with van der Waals surface area (Å²) in [5.41, 5.74) is 3.32. The molecule has 1 atom stereocenters. The van der Waals surface area contributed by atoms with Gasteiger partial charge in [0.1, 0.15) is 10.9 Å². The van der Waals surface area contributed by atoms with Gasteiger partial charge in [-0.05, 0) is 90.4 Å². The van der Waals surface area contributed by atoms with Crippen molar-refractivity contribution < 1.29 is 19.3 Å². The third kappa shape index (κ3) is 8.75. The van der Waals surface area contributed by atoms with Crippen LogP contribution < -0.4 is 16.0 Å². The van der Waals surface area contributed by atoms with Gasteiger partial charge in [0, 0.05) is 39.0 Å². The highest BCUT2D eigenvalue weighted by Crippen LogP contribution is 2.37. The number of non-ortho nitro benzene ring substituents is 1. The van der Waals surface area contributed by atoms with E-state index < -0.39 is 22.0 Å². The van der Waals surface area contributed by atoms with Crippen LogP contribution in [-0.4, -0.2) is 22.6 Å². The molecule has 9 nitrogen and oxygen atoms in total. The van der Waals surface area contributed by atoms with E-state index in [4.69, 9.17) is 11.6 Å². The van der Waals surface area contributed by atoms with Crippen LogP contribution in [0.5, 0.6) is 0 Å². The van der Waals surface area contributed by atoms with E-state index in [1.165, 1.54) is 42.1 Å². The fourth-order valence-electron chi connectivity index (χ4n) is 4.59. The van der Waals surface area contributed by atoms with Crippen LogP contribution in [0.25, 0.3) is 6.08 Å². The van der Waals surface area contributed by atoms with Crippen LogP contribution in [0.4, 0.5) is 17.1 Å². The molecule has 48 heavy (non-hydrogen) atoms. The molecule has 3 N–H and O–H groups in total. The van der Waals surface area contributed by atoms with Crippen molar-refractivity contribution in [3.8, 4) is 0 Å². The lowest BCUT2D eigenvalue weighted by molar-refractivity contribution is -0.384. The fourth-order valence-corrected chi connectivity index (χ4v) is 5.79. The van der Waals surface area contributed by atoms with E-state index in [1.807, 2.05) is 37.3 Å². The number of carbonyl (C=O) groups is 3. The number of hydrogen-bond acceptors (Lipinski definition) is 6. The lowest BCUT2D eigenvalue weighted by atomic mass is 10.1. The zero-order valence-corrected chi connectivity index (χ0v) is 27.1. The molecule has 240 valence electrons. The topological polar surface area (TPSA) is 130 Å². The number of amides is 3. The van der Waals surface area contributed by atoms with Gasteiger partial charge in [0.2, 0.25) is 5.91 Å². The Morgan fingerprint density at radius 2 is 1.44 bits per heavy atom. The highest BCUT2D eigenvalue weighted by molar-refractivity contribution is 8.00. The Morgan fingerprint density at radius 3 is 2.08 bits per heavy atom. The standard InChI is InChI=1S/C37H29ClN4O5S/c1-24-31(38)13-8-14-32(24)40-37(45)34(26-9-4-2-5-10-26)48-30-21-17-28(18-22-30)39-36(44)33(41-35(43)27-11-6-3-7-12-27)23-25-15-19-29(20-16-25)42(46)47/h2-23,34H,1H3,(H,39,44)(H,40,45)(H,41,43)/b33-23-. The third-order valence-electron chi connectivity index (χ3n) is 7.18. The number of nitro groups is 1. The molecular weight excluding hydrogens is 648 g/mol. The maximum atomic E-state index is 13.6. The summed E-state index contributed by atoms with van der Waals surface area (Å²) < 4.78 is 0. The van der Waals surface area contributed by atoms with E-state index in [0.29, 0.717) is 27.5 Å². The maximum Gasteiger partial charge on any atom is 0.272 e. The first kappa shape index (κ1) is 33.6. The first-order valence-electron chi connectivity index (χ1n) is 14.7.